The van der Waals surface area contributed by atoms with Crippen molar-refractivity contribution in [2.75, 3.05) is 13.1 Å². The molecule has 0 spiro atoms. The molecule has 2 N–H and O–H groups in total. The van der Waals surface area contributed by atoms with Crippen molar-refractivity contribution in [2.24, 2.45) is 13.0 Å². The van der Waals surface area contributed by atoms with E-state index in [-0.39, 0.29) is 0 Å². The molecular weight excluding hydrogens is 202 g/mol. The van der Waals surface area contributed by atoms with Gasteiger partial charge in [-0.2, -0.15) is 5.10 Å². The second kappa shape index (κ2) is 5.46. The van der Waals surface area contributed by atoms with Crippen LogP contribution in [0.25, 0.3) is 0 Å². The maximum atomic E-state index is 10.2. The average Bonchev–Trinajstić information content (AvgIpc) is 2.48. The zero-order valence-corrected chi connectivity index (χ0v) is 10.7. The molecule has 4 nitrogen and oxygen atoms in total. The largest absolute Gasteiger partial charge is 0.389 e. The molecule has 1 aromatic heterocycles. The lowest BCUT2D eigenvalue weighted by atomic mass is 9.98. The number of hydrogen-bond donors (Lipinski definition) is 2. The Hall–Kier alpha value is -0.870. The van der Waals surface area contributed by atoms with Gasteiger partial charge in [-0.25, -0.2) is 0 Å². The van der Waals surface area contributed by atoms with Crippen molar-refractivity contribution in [3.05, 3.63) is 18.0 Å². The molecular formula is C12H23N3O. The molecule has 0 aliphatic rings. The summed E-state index contributed by atoms with van der Waals surface area (Å²) in [5.41, 5.74) is 0.358. The van der Waals surface area contributed by atoms with E-state index in [0.29, 0.717) is 18.9 Å². The normalized spacial score (nSPS) is 15.4. The summed E-state index contributed by atoms with van der Waals surface area (Å²) in [7, 11) is 1.88. The van der Waals surface area contributed by atoms with Gasteiger partial charge >= 0.3 is 0 Å². The van der Waals surface area contributed by atoms with Crippen molar-refractivity contribution in [3.8, 4) is 0 Å². The van der Waals surface area contributed by atoms with Crippen LogP contribution in [0.2, 0.25) is 0 Å². The van der Waals surface area contributed by atoms with Crippen LogP contribution in [0, 0.1) is 5.92 Å². The van der Waals surface area contributed by atoms with Crippen LogP contribution in [0.5, 0.6) is 0 Å². The topological polar surface area (TPSA) is 50.1 Å². The number of rotatable bonds is 6. The molecule has 0 saturated heterocycles. The van der Waals surface area contributed by atoms with E-state index in [1.807, 2.05) is 20.2 Å². The molecule has 0 amide bonds. The second-order valence-electron chi connectivity index (χ2n) is 5.22. The van der Waals surface area contributed by atoms with Gasteiger partial charge in [0.1, 0.15) is 0 Å². The summed E-state index contributed by atoms with van der Waals surface area (Å²) in [6.07, 6.45) is 4.37. The highest BCUT2D eigenvalue weighted by molar-refractivity contribution is 5.07. The van der Waals surface area contributed by atoms with E-state index in [0.717, 1.165) is 12.1 Å². The summed E-state index contributed by atoms with van der Waals surface area (Å²) in [6, 6.07) is 0. The van der Waals surface area contributed by atoms with E-state index in [4.69, 9.17) is 0 Å². The van der Waals surface area contributed by atoms with Crippen molar-refractivity contribution < 1.29 is 5.11 Å². The van der Waals surface area contributed by atoms with Crippen molar-refractivity contribution >= 4 is 0 Å². The number of aryl methyl sites for hydroxylation is 1. The Balaban J connectivity index is 2.39. The molecule has 0 fully saturated rings. The number of nitrogens with one attached hydrogen (secondary N) is 1. The Morgan fingerprint density at radius 1 is 1.56 bits per heavy atom. The number of aromatic nitrogens is 2. The van der Waals surface area contributed by atoms with Crippen LogP contribution < -0.4 is 5.32 Å². The monoisotopic (exact) mass is 225 g/mol. The standard InChI is InChI=1S/C12H23N3O/c1-10(2)6-13-9-12(3,16)5-11-7-14-15(4)8-11/h7-8,10,13,16H,5-6,9H2,1-4H3. The Bertz CT molecular complexity index is 318. The highest BCUT2D eigenvalue weighted by Crippen LogP contribution is 2.11. The predicted molar refractivity (Wildman–Crippen MR) is 65.2 cm³/mol. The highest BCUT2D eigenvalue weighted by atomic mass is 16.3. The lowest BCUT2D eigenvalue weighted by Gasteiger charge is -2.23. The molecule has 1 heterocycles. The SMILES string of the molecule is CC(C)CNCC(C)(O)Cc1cnn(C)c1. The van der Waals surface area contributed by atoms with Gasteiger partial charge in [0.25, 0.3) is 0 Å². The molecule has 0 aromatic carbocycles. The van der Waals surface area contributed by atoms with Crippen LogP contribution in [0.3, 0.4) is 0 Å². The predicted octanol–water partition coefficient (Wildman–Crippen LogP) is 0.959. The molecule has 92 valence electrons. The van der Waals surface area contributed by atoms with Gasteiger partial charge in [-0.15, -0.1) is 0 Å². The first-order valence-corrected chi connectivity index (χ1v) is 5.80. The van der Waals surface area contributed by atoms with Crippen molar-refractivity contribution in [1.82, 2.24) is 15.1 Å². The van der Waals surface area contributed by atoms with E-state index < -0.39 is 5.60 Å². The zero-order valence-electron chi connectivity index (χ0n) is 10.7. The number of hydrogen-bond acceptors (Lipinski definition) is 3. The summed E-state index contributed by atoms with van der Waals surface area (Å²) in [6.45, 7) is 7.71. The average molecular weight is 225 g/mol. The van der Waals surface area contributed by atoms with Crippen LogP contribution in [0.1, 0.15) is 26.3 Å². The van der Waals surface area contributed by atoms with Gasteiger partial charge in [-0.3, -0.25) is 4.68 Å². The minimum atomic E-state index is -0.710. The lowest BCUT2D eigenvalue weighted by Crippen LogP contribution is -2.40. The van der Waals surface area contributed by atoms with Crippen molar-refractivity contribution in [2.45, 2.75) is 32.8 Å². The van der Waals surface area contributed by atoms with Crippen LogP contribution in [-0.4, -0.2) is 33.6 Å². The molecule has 0 radical (unpaired) electrons. The molecule has 1 aromatic rings. The Kier molecular flexibility index (Phi) is 4.50. The van der Waals surface area contributed by atoms with E-state index in [9.17, 15) is 5.11 Å². The first-order chi connectivity index (χ1) is 7.39. The van der Waals surface area contributed by atoms with Gasteiger partial charge in [0.05, 0.1) is 11.8 Å². The molecule has 0 aliphatic heterocycles. The van der Waals surface area contributed by atoms with Gasteiger partial charge in [-0.05, 0) is 24.9 Å². The van der Waals surface area contributed by atoms with E-state index in [1.165, 1.54) is 0 Å². The van der Waals surface area contributed by atoms with Crippen LogP contribution in [0.4, 0.5) is 0 Å². The van der Waals surface area contributed by atoms with E-state index >= 15 is 0 Å². The third kappa shape index (κ3) is 4.77. The Morgan fingerprint density at radius 2 is 2.25 bits per heavy atom. The van der Waals surface area contributed by atoms with Crippen molar-refractivity contribution in [3.63, 3.8) is 0 Å². The first kappa shape index (κ1) is 13.2. The summed E-state index contributed by atoms with van der Waals surface area (Å²) >= 11 is 0. The Labute approximate surface area is 97.7 Å². The van der Waals surface area contributed by atoms with Gasteiger partial charge in [0.2, 0.25) is 0 Å². The first-order valence-electron chi connectivity index (χ1n) is 5.80. The molecule has 0 bridgehead atoms. The highest BCUT2D eigenvalue weighted by Gasteiger charge is 2.21. The smallest absolute Gasteiger partial charge is 0.0784 e. The summed E-state index contributed by atoms with van der Waals surface area (Å²) < 4.78 is 1.76. The third-order valence-corrected chi connectivity index (χ3v) is 2.40. The third-order valence-electron chi connectivity index (χ3n) is 2.40. The van der Waals surface area contributed by atoms with Crippen molar-refractivity contribution in [1.29, 1.82) is 0 Å². The minimum absolute atomic E-state index is 0.606. The molecule has 1 atom stereocenters. The Morgan fingerprint density at radius 3 is 2.75 bits per heavy atom. The van der Waals surface area contributed by atoms with Crippen LogP contribution >= 0.6 is 0 Å². The minimum Gasteiger partial charge on any atom is -0.389 e. The zero-order chi connectivity index (χ0) is 12.2. The summed E-state index contributed by atoms with van der Waals surface area (Å²) in [4.78, 5) is 0. The van der Waals surface area contributed by atoms with Crippen LogP contribution in [-0.2, 0) is 13.5 Å². The molecule has 1 unspecified atom stereocenters. The van der Waals surface area contributed by atoms with E-state index in [1.54, 1.807) is 10.9 Å². The number of nitrogens with zero attached hydrogens (tertiary/aromatic N) is 2. The fourth-order valence-electron chi connectivity index (χ4n) is 1.70. The quantitative estimate of drug-likeness (QED) is 0.758. The molecule has 1 rings (SSSR count). The molecule has 16 heavy (non-hydrogen) atoms. The second-order valence-corrected chi connectivity index (χ2v) is 5.22. The maximum absolute atomic E-state index is 10.2. The maximum Gasteiger partial charge on any atom is 0.0784 e. The molecule has 4 heteroatoms. The molecule has 0 aliphatic carbocycles. The van der Waals surface area contributed by atoms with Gasteiger partial charge in [0, 0.05) is 26.2 Å². The van der Waals surface area contributed by atoms with Gasteiger partial charge in [-0.1, -0.05) is 13.8 Å². The summed E-state index contributed by atoms with van der Waals surface area (Å²) in [5, 5.41) is 17.6. The number of aliphatic hydroxyl groups is 1. The summed E-state index contributed by atoms with van der Waals surface area (Å²) in [5.74, 6) is 0.606. The molecule has 0 saturated carbocycles. The fourth-order valence-corrected chi connectivity index (χ4v) is 1.70. The van der Waals surface area contributed by atoms with Gasteiger partial charge in [0.15, 0.2) is 0 Å². The van der Waals surface area contributed by atoms with Gasteiger partial charge < -0.3 is 10.4 Å². The lowest BCUT2D eigenvalue weighted by molar-refractivity contribution is 0.0595. The fraction of sp³-hybridized carbons (Fsp3) is 0.750. The van der Waals surface area contributed by atoms with E-state index in [2.05, 4.69) is 24.3 Å². The van der Waals surface area contributed by atoms with Crippen LogP contribution in [0.15, 0.2) is 12.4 Å².